The smallest absolute Gasteiger partial charge is 0.329 e. The van der Waals surface area contributed by atoms with E-state index in [1.807, 2.05) is 25.9 Å². The molecule has 0 aliphatic heterocycles. The minimum atomic E-state index is -1.76. The fraction of sp³-hybridized carbons (Fsp3) is 1.00. The fourth-order valence-electron chi connectivity index (χ4n) is 0.576. The first-order valence-corrected chi connectivity index (χ1v) is 5.61. The second kappa shape index (κ2) is 8.53. The van der Waals surface area contributed by atoms with Gasteiger partial charge in [-0.15, -0.1) is 0 Å². The van der Waals surface area contributed by atoms with Gasteiger partial charge in [-0.05, 0) is 21.0 Å². The van der Waals surface area contributed by atoms with Crippen LogP contribution in [0.25, 0.3) is 0 Å². The summed E-state index contributed by atoms with van der Waals surface area (Å²) in [4.78, 5) is 11.2. The van der Waals surface area contributed by atoms with Crippen LogP contribution in [-0.2, 0) is 13.8 Å². The summed E-state index contributed by atoms with van der Waals surface area (Å²) in [6, 6.07) is 0. The van der Waals surface area contributed by atoms with Crippen LogP contribution < -0.4 is 0 Å². The molecule has 0 radical (unpaired) electrons. The van der Waals surface area contributed by atoms with Crippen LogP contribution >= 0.6 is 8.60 Å². The Hall–Kier alpha value is 0.230. The molecule has 6 heteroatoms. The summed E-state index contributed by atoms with van der Waals surface area (Å²) in [5.41, 5.74) is 0. The highest BCUT2D eigenvalue weighted by Gasteiger charge is 2.09. The second-order valence-corrected chi connectivity index (χ2v) is 4.21. The number of rotatable bonds is 8. The van der Waals surface area contributed by atoms with Gasteiger partial charge in [0.05, 0.1) is 19.3 Å². The van der Waals surface area contributed by atoms with Crippen LogP contribution in [0.3, 0.4) is 0 Å². The van der Waals surface area contributed by atoms with E-state index in [4.69, 9.17) is 13.8 Å². The molecule has 0 aromatic heterocycles. The average Bonchev–Trinajstić information content (AvgIpc) is 2.13. The highest BCUT2D eigenvalue weighted by molar-refractivity contribution is 7.40. The van der Waals surface area contributed by atoms with Gasteiger partial charge >= 0.3 is 8.60 Å². The molecule has 0 heterocycles. The number of methoxy groups -OCH3 is 1. The monoisotopic (exact) mass is 225 g/mol. The van der Waals surface area contributed by atoms with Gasteiger partial charge in [-0.2, -0.15) is 0 Å². The minimum absolute atomic E-state index is 0.0235. The Morgan fingerprint density at radius 2 is 2.00 bits per heavy atom. The molecule has 14 heavy (non-hydrogen) atoms. The zero-order chi connectivity index (χ0) is 11.0. The first-order valence-electron chi connectivity index (χ1n) is 4.48. The molecule has 2 unspecified atom stereocenters. The molecule has 1 N–H and O–H groups in total. The van der Waals surface area contributed by atoms with Crippen molar-refractivity contribution in [3.8, 4) is 0 Å². The molecule has 0 bridgehead atoms. The summed E-state index contributed by atoms with van der Waals surface area (Å²) in [7, 11) is 3.72. The maximum absolute atomic E-state index is 9.25. The highest BCUT2D eigenvalue weighted by Crippen LogP contribution is 2.32. The molecule has 0 aliphatic carbocycles. The normalized spacial score (nSPS) is 15.9. The molecule has 0 saturated heterocycles. The van der Waals surface area contributed by atoms with Crippen molar-refractivity contribution < 1.29 is 18.7 Å². The van der Waals surface area contributed by atoms with E-state index in [0.29, 0.717) is 13.2 Å². The summed E-state index contributed by atoms with van der Waals surface area (Å²) < 4.78 is 15.0. The van der Waals surface area contributed by atoms with Crippen LogP contribution in [0.5, 0.6) is 0 Å². The average molecular weight is 225 g/mol. The third-order valence-electron chi connectivity index (χ3n) is 1.56. The van der Waals surface area contributed by atoms with Crippen molar-refractivity contribution in [3.05, 3.63) is 0 Å². The summed E-state index contributed by atoms with van der Waals surface area (Å²) in [5, 5.41) is 0. The second-order valence-electron chi connectivity index (χ2n) is 3.22. The number of hydrogen-bond acceptors (Lipinski definition) is 5. The lowest BCUT2D eigenvalue weighted by atomic mass is 10.4. The molecule has 0 aromatic rings. The maximum Gasteiger partial charge on any atom is 0.329 e. The van der Waals surface area contributed by atoms with Crippen LogP contribution in [0.1, 0.15) is 6.92 Å². The lowest BCUT2D eigenvalue weighted by molar-refractivity contribution is 0.0613. The Morgan fingerprint density at radius 3 is 2.50 bits per heavy atom. The maximum atomic E-state index is 9.25. The molecule has 2 atom stereocenters. The summed E-state index contributed by atoms with van der Waals surface area (Å²) in [6.07, 6.45) is -0.0235. The van der Waals surface area contributed by atoms with Gasteiger partial charge in [-0.3, -0.25) is 0 Å². The van der Waals surface area contributed by atoms with E-state index in [0.717, 1.165) is 6.54 Å². The Balaban J connectivity index is 3.32. The van der Waals surface area contributed by atoms with Gasteiger partial charge in [-0.1, -0.05) is 0 Å². The van der Waals surface area contributed by atoms with Crippen LogP contribution in [0.15, 0.2) is 0 Å². The van der Waals surface area contributed by atoms with Crippen molar-refractivity contribution in [1.29, 1.82) is 0 Å². The predicted octanol–water partition coefficient (Wildman–Crippen LogP) is 0.835. The summed E-state index contributed by atoms with van der Waals surface area (Å²) in [6.45, 7) is 3.45. The molecule has 0 saturated carbocycles. The zero-order valence-corrected chi connectivity index (χ0v) is 10.2. The number of hydrogen-bond donors (Lipinski definition) is 1. The van der Waals surface area contributed by atoms with E-state index >= 15 is 0 Å². The largest absolute Gasteiger partial charge is 0.379 e. The molecule has 0 rings (SSSR count). The van der Waals surface area contributed by atoms with Gasteiger partial charge < -0.3 is 23.6 Å². The molecular formula is C8H20NO4P. The third-order valence-corrected chi connectivity index (χ3v) is 2.34. The van der Waals surface area contributed by atoms with E-state index in [1.54, 1.807) is 7.11 Å². The van der Waals surface area contributed by atoms with Gasteiger partial charge in [-0.25, -0.2) is 0 Å². The first-order chi connectivity index (χ1) is 6.56. The Bertz CT molecular complexity index is 137. The standard InChI is InChI=1S/C8H20NO4P/c1-8(11-4)7-13-14(10)12-6-5-9(2)3/h8,10H,5-7H2,1-4H3. The molecule has 0 amide bonds. The first kappa shape index (κ1) is 14.2. The highest BCUT2D eigenvalue weighted by atomic mass is 31.2. The van der Waals surface area contributed by atoms with Crippen LogP contribution in [0.2, 0.25) is 0 Å². The van der Waals surface area contributed by atoms with Gasteiger partial charge in [0.2, 0.25) is 0 Å². The van der Waals surface area contributed by atoms with E-state index < -0.39 is 8.60 Å². The van der Waals surface area contributed by atoms with Crippen molar-refractivity contribution in [2.75, 3.05) is 41.0 Å². The quantitative estimate of drug-likeness (QED) is 0.620. The molecule has 0 aromatic carbocycles. The number of likely N-dealkylation sites (N-methyl/N-ethyl adjacent to an activating group) is 1. The van der Waals surface area contributed by atoms with Gasteiger partial charge in [0.15, 0.2) is 0 Å². The third kappa shape index (κ3) is 8.81. The summed E-state index contributed by atoms with van der Waals surface area (Å²) >= 11 is 0. The van der Waals surface area contributed by atoms with Crippen LogP contribution in [-0.4, -0.2) is 56.9 Å². The topological polar surface area (TPSA) is 51.2 Å². The zero-order valence-electron chi connectivity index (χ0n) is 9.27. The SMILES string of the molecule is COC(C)COP(O)OCCN(C)C. The molecule has 0 fully saturated rings. The van der Waals surface area contributed by atoms with Crippen LogP contribution in [0.4, 0.5) is 0 Å². The van der Waals surface area contributed by atoms with Crippen molar-refractivity contribution in [3.63, 3.8) is 0 Å². The van der Waals surface area contributed by atoms with E-state index in [9.17, 15) is 4.89 Å². The molecule has 5 nitrogen and oxygen atoms in total. The van der Waals surface area contributed by atoms with Crippen molar-refractivity contribution in [2.45, 2.75) is 13.0 Å². The summed E-state index contributed by atoms with van der Waals surface area (Å²) in [5.74, 6) is 0. The minimum Gasteiger partial charge on any atom is -0.379 e. The van der Waals surface area contributed by atoms with E-state index in [-0.39, 0.29) is 6.10 Å². The van der Waals surface area contributed by atoms with E-state index in [1.165, 1.54) is 0 Å². The van der Waals surface area contributed by atoms with E-state index in [2.05, 4.69) is 0 Å². The van der Waals surface area contributed by atoms with Gasteiger partial charge in [0.25, 0.3) is 0 Å². The van der Waals surface area contributed by atoms with Crippen molar-refractivity contribution in [2.24, 2.45) is 0 Å². The number of nitrogens with zero attached hydrogens (tertiary/aromatic N) is 1. The predicted molar refractivity (Wildman–Crippen MR) is 56.1 cm³/mol. The molecule has 0 aliphatic rings. The Kier molecular flexibility index (Phi) is 8.67. The molecule has 0 spiro atoms. The van der Waals surface area contributed by atoms with Crippen molar-refractivity contribution in [1.82, 2.24) is 4.90 Å². The Labute approximate surface area is 86.9 Å². The van der Waals surface area contributed by atoms with Gasteiger partial charge in [0, 0.05) is 13.7 Å². The van der Waals surface area contributed by atoms with Crippen LogP contribution in [0, 0.1) is 0 Å². The fourth-order valence-corrected chi connectivity index (χ4v) is 1.23. The Morgan fingerprint density at radius 1 is 1.36 bits per heavy atom. The molecule has 86 valence electrons. The van der Waals surface area contributed by atoms with Gasteiger partial charge in [0.1, 0.15) is 0 Å². The lowest BCUT2D eigenvalue weighted by Crippen LogP contribution is -2.17. The van der Waals surface area contributed by atoms with Crippen molar-refractivity contribution >= 4 is 8.60 Å². The lowest BCUT2D eigenvalue weighted by Gasteiger charge is -2.15. The number of ether oxygens (including phenoxy) is 1. The molecular weight excluding hydrogens is 205 g/mol.